The van der Waals surface area contributed by atoms with Gasteiger partial charge in [-0.1, -0.05) is 30.4 Å². The maximum Gasteiger partial charge on any atom is 0.322 e. The van der Waals surface area contributed by atoms with E-state index in [2.05, 4.69) is 31.3 Å². The highest BCUT2D eigenvalue weighted by Gasteiger charge is 2.37. The standard InChI is InChI=1S/C18H24N2O/c1-13(2)20(12-16-11-14-8-9-15(16)10-14)18(21)19-17-6-4-3-5-7-17/h3-9,13-16H,10-12H2,1-2H3,(H,19,21). The Balaban J connectivity index is 1.64. The number of fused-ring (bicyclic) bond motifs is 2. The van der Waals surface area contributed by atoms with Crippen molar-refractivity contribution in [3.8, 4) is 0 Å². The van der Waals surface area contributed by atoms with E-state index in [1.165, 1.54) is 12.8 Å². The number of benzene rings is 1. The van der Waals surface area contributed by atoms with Gasteiger partial charge in [-0.3, -0.25) is 0 Å². The second kappa shape index (κ2) is 5.92. The molecule has 3 heteroatoms. The first-order valence-corrected chi connectivity index (χ1v) is 7.94. The molecule has 1 fully saturated rings. The summed E-state index contributed by atoms with van der Waals surface area (Å²) in [7, 11) is 0. The summed E-state index contributed by atoms with van der Waals surface area (Å²) in [4.78, 5) is 14.5. The fourth-order valence-electron chi connectivity index (χ4n) is 3.60. The molecule has 2 aliphatic rings. The maximum absolute atomic E-state index is 12.5. The zero-order chi connectivity index (χ0) is 14.8. The van der Waals surface area contributed by atoms with Gasteiger partial charge in [0.25, 0.3) is 0 Å². The van der Waals surface area contributed by atoms with Gasteiger partial charge in [-0.25, -0.2) is 4.79 Å². The summed E-state index contributed by atoms with van der Waals surface area (Å²) < 4.78 is 0. The topological polar surface area (TPSA) is 32.3 Å². The molecule has 2 bridgehead atoms. The van der Waals surface area contributed by atoms with Crippen LogP contribution in [0.2, 0.25) is 0 Å². The number of anilines is 1. The van der Waals surface area contributed by atoms with Crippen LogP contribution in [0, 0.1) is 17.8 Å². The highest BCUT2D eigenvalue weighted by molar-refractivity contribution is 5.89. The number of para-hydroxylation sites is 1. The van der Waals surface area contributed by atoms with Gasteiger partial charge in [0.1, 0.15) is 0 Å². The minimum atomic E-state index is 0.0166. The summed E-state index contributed by atoms with van der Waals surface area (Å²) >= 11 is 0. The first-order chi connectivity index (χ1) is 10.1. The Morgan fingerprint density at radius 1 is 1.24 bits per heavy atom. The van der Waals surface area contributed by atoms with Gasteiger partial charge in [0.15, 0.2) is 0 Å². The Bertz CT molecular complexity index is 523. The molecule has 0 saturated heterocycles. The normalized spacial score (nSPS) is 26.3. The van der Waals surface area contributed by atoms with Crippen LogP contribution >= 0.6 is 0 Å². The molecular formula is C18H24N2O. The third-order valence-corrected chi connectivity index (χ3v) is 4.76. The van der Waals surface area contributed by atoms with E-state index in [0.29, 0.717) is 11.8 Å². The van der Waals surface area contributed by atoms with Crippen LogP contribution in [0.1, 0.15) is 26.7 Å². The van der Waals surface area contributed by atoms with Crippen LogP contribution in [-0.4, -0.2) is 23.5 Å². The number of hydrogen-bond acceptors (Lipinski definition) is 1. The second-order valence-corrected chi connectivity index (χ2v) is 6.58. The molecule has 21 heavy (non-hydrogen) atoms. The molecule has 112 valence electrons. The van der Waals surface area contributed by atoms with Crippen molar-refractivity contribution in [2.45, 2.75) is 32.7 Å². The number of hydrogen-bond donors (Lipinski definition) is 1. The largest absolute Gasteiger partial charge is 0.322 e. The molecule has 0 radical (unpaired) electrons. The summed E-state index contributed by atoms with van der Waals surface area (Å²) in [5, 5.41) is 3.01. The predicted molar refractivity (Wildman–Crippen MR) is 86.1 cm³/mol. The predicted octanol–water partition coefficient (Wildman–Crippen LogP) is 4.14. The van der Waals surface area contributed by atoms with Crippen molar-refractivity contribution in [2.75, 3.05) is 11.9 Å². The Morgan fingerprint density at radius 2 is 2.00 bits per heavy atom. The summed E-state index contributed by atoms with van der Waals surface area (Å²) in [6, 6.07) is 9.93. The first-order valence-electron chi connectivity index (χ1n) is 7.94. The smallest absolute Gasteiger partial charge is 0.322 e. The molecular weight excluding hydrogens is 260 g/mol. The highest BCUT2D eigenvalue weighted by atomic mass is 16.2. The summed E-state index contributed by atoms with van der Waals surface area (Å²) in [5.74, 6) is 2.07. The SMILES string of the molecule is CC(C)N(CC1CC2C=CC1C2)C(=O)Nc1ccccc1. The molecule has 3 atom stereocenters. The Kier molecular flexibility index (Phi) is 4.00. The van der Waals surface area contributed by atoms with Gasteiger partial charge in [-0.2, -0.15) is 0 Å². The number of amides is 2. The van der Waals surface area contributed by atoms with Crippen molar-refractivity contribution in [2.24, 2.45) is 17.8 Å². The average molecular weight is 284 g/mol. The van der Waals surface area contributed by atoms with E-state index < -0.39 is 0 Å². The molecule has 3 rings (SSSR count). The Hall–Kier alpha value is -1.77. The molecule has 0 heterocycles. The summed E-state index contributed by atoms with van der Waals surface area (Å²) in [6.45, 7) is 5.04. The Morgan fingerprint density at radius 3 is 2.57 bits per heavy atom. The van der Waals surface area contributed by atoms with Crippen LogP contribution in [0.25, 0.3) is 0 Å². The number of urea groups is 1. The van der Waals surface area contributed by atoms with Crippen LogP contribution in [-0.2, 0) is 0 Å². The molecule has 1 aromatic carbocycles. The lowest BCUT2D eigenvalue weighted by Gasteiger charge is -2.31. The van der Waals surface area contributed by atoms with E-state index >= 15 is 0 Å². The maximum atomic E-state index is 12.5. The van der Waals surface area contributed by atoms with Gasteiger partial charge < -0.3 is 10.2 Å². The van der Waals surface area contributed by atoms with Gasteiger partial charge in [0, 0.05) is 18.3 Å². The van der Waals surface area contributed by atoms with Crippen molar-refractivity contribution in [3.63, 3.8) is 0 Å². The van der Waals surface area contributed by atoms with E-state index in [4.69, 9.17) is 0 Å². The lowest BCUT2D eigenvalue weighted by atomic mass is 9.93. The minimum Gasteiger partial charge on any atom is -0.322 e. The van der Waals surface area contributed by atoms with Crippen LogP contribution < -0.4 is 5.32 Å². The molecule has 3 nitrogen and oxygen atoms in total. The number of nitrogens with zero attached hydrogens (tertiary/aromatic N) is 1. The zero-order valence-electron chi connectivity index (χ0n) is 12.8. The van der Waals surface area contributed by atoms with Gasteiger partial charge in [-0.05, 0) is 56.6 Å². The highest BCUT2D eigenvalue weighted by Crippen LogP contribution is 2.43. The van der Waals surface area contributed by atoms with E-state index in [1.807, 2.05) is 35.2 Å². The molecule has 2 aliphatic carbocycles. The van der Waals surface area contributed by atoms with Gasteiger partial charge >= 0.3 is 6.03 Å². The van der Waals surface area contributed by atoms with Gasteiger partial charge in [0.05, 0.1) is 0 Å². The number of carbonyl (C=O) groups is 1. The molecule has 0 aliphatic heterocycles. The van der Waals surface area contributed by atoms with Gasteiger partial charge in [-0.15, -0.1) is 0 Å². The fourth-order valence-corrected chi connectivity index (χ4v) is 3.60. The van der Waals surface area contributed by atoms with Crippen molar-refractivity contribution >= 4 is 11.7 Å². The quantitative estimate of drug-likeness (QED) is 0.828. The molecule has 0 spiro atoms. The Labute approximate surface area is 127 Å². The fraction of sp³-hybridized carbons (Fsp3) is 0.500. The lowest BCUT2D eigenvalue weighted by Crippen LogP contribution is -2.43. The molecule has 1 aromatic rings. The second-order valence-electron chi connectivity index (χ2n) is 6.58. The molecule has 1 saturated carbocycles. The lowest BCUT2D eigenvalue weighted by molar-refractivity contribution is 0.178. The van der Waals surface area contributed by atoms with E-state index in [-0.39, 0.29) is 12.1 Å². The third kappa shape index (κ3) is 3.12. The van der Waals surface area contributed by atoms with Crippen molar-refractivity contribution in [3.05, 3.63) is 42.5 Å². The average Bonchev–Trinajstić information content (AvgIpc) is 3.07. The van der Waals surface area contributed by atoms with Gasteiger partial charge in [0.2, 0.25) is 0 Å². The number of allylic oxidation sites excluding steroid dienone is 2. The van der Waals surface area contributed by atoms with E-state index in [0.717, 1.165) is 18.2 Å². The van der Waals surface area contributed by atoms with Crippen molar-refractivity contribution in [1.82, 2.24) is 4.90 Å². The van der Waals surface area contributed by atoms with E-state index in [1.54, 1.807) is 0 Å². The summed E-state index contributed by atoms with van der Waals surface area (Å²) in [6.07, 6.45) is 7.23. The minimum absolute atomic E-state index is 0.0166. The van der Waals surface area contributed by atoms with Crippen LogP contribution in [0.15, 0.2) is 42.5 Å². The molecule has 3 unspecified atom stereocenters. The first kappa shape index (κ1) is 14.2. The number of rotatable bonds is 4. The number of carbonyl (C=O) groups excluding carboxylic acids is 1. The molecule has 0 aromatic heterocycles. The molecule has 1 N–H and O–H groups in total. The zero-order valence-corrected chi connectivity index (χ0v) is 12.8. The summed E-state index contributed by atoms with van der Waals surface area (Å²) in [5.41, 5.74) is 0.862. The van der Waals surface area contributed by atoms with E-state index in [9.17, 15) is 4.79 Å². The van der Waals surface area contributed by atoms with Crippen molar-refractivity contribution < 1.29 is 4.79 Å². The third-order valence-electron chi connectivity index (χ3n) is 4.76. The van der Waals surface area contributed by atoms with Crippen LogP contribution in [0.3, 0.4) is 0 Å². The van der Waals surface area contributed by atoms with Crippen LogP contribution in [0.5, 0.6) is 0 Å². The van der Waals surface area contributed by atoms with Crippen LogP contribution in [0.4, 0.5) is 10.5 Å². The van der Waals surface area contributed by atoms with Crippen molar-refractivity contribution in [1.29, 1.82) is 0 Å². The molecule has 2 amide bonds. The monoisotopic (exact) mass is 284 g/mol. The number of nitrogens with one attached hydrogen (secondary N) is 1.